The van der Waals surface area contributed by atoms with Gasteiger partial charge in [-0.1, -0.05) is 0 Å². The number of nitrogens with one attached hydrogen (secondary N) is 1. The summed E-state index contributed by atoms with van der Waals surface area (Å²) in [5, 5.41) is 11.4. The lowest BCUT2D eigenvalue weighted by Crippen LogP contribution is -2.44. The summed E-state index contributed by atoms with van der Waals surface area (Å²) in [6.45, 7) is 3.22. The Morgan fingerprint density at radius 3 is 3.27 bits per heavy atom. The maximum Gasteiger partial charge on any atom is 0.0771 e. The van der Waals surface area contributed by atoms with Gasteiger partial charge in [0.05, 0.1) is 5.69 Å². The summed E-state index contributed by atoms with van der Waals surface area (Å²) < 4.78 is 0. The van der Waals surface area contributed by atoms with E-state index in [-0.39, 0.29) is 0 Å². The average Bonchev–Trinajstić information content (AvgIpc) is 2.31. The number of likely N-dealkylation sites (tertiary alicyclic amines) is 1. The molecule has 82 valence electrons. The quantitative estimate of drug-likeness (QED) is 0.789. The van der Waals surface area contributed by atoms with Gasteiger partial charge in [0, 0.05) is 25.3 Å². The first kappa shape index (κ1) is 10.5. The summed E-state index contributed by atoms with van der Waals surface area (Å²) in [4.78, 5) is 2.44. The molecule has 2 rings (SSSR count). The Morgan fingerprint density at radius 2 is 2.53 bits per heavy atom. The summed E-state index contributed by atoms with van der Waals surface area (Å²) in [7, 11) is 2.04. The van der Waals surface area contributed by atoms with Crippen molar-refractivity contribution in [3.05, 3.63) is 24.0 Å². The lowest BCUT2D eigenvalue weighted by atomic mass is 10.1. The normalized spacial score (nSPS) is 22.9. The van der Waals surface area contributed by atoms with Crippen molar-refractivity contribution in [1.29, 1.82) is 0 Å². The summed E-state index contributed by atoms with van der Waals surface area (Å²) in [6.07, 6.45) is 4.27. The first-order chi connectivity index (χ1) is 7.38. The number of likely N-dealkylation sites (N-methyl/N-ethyl adjacent to an activating group) is 1. The van der Waals surface area contributed by atoms with Gasteiger partial charge >= 0.3 is 0 Å². The Labute approximate surface area is 90.7 Å². The molecule has 1 saturated heterocycles. The molecule has 1 aliphatic rings. The smallest absolute Gasteiger partial charge is 0.0771 e. The molecule has 1 N–H and O–H groups in total. The number of aromatic nitrogens is 2. The van der Waals surface area contributed by atoms with Crippen molar-refractivity contribution in [2.75, 3.05) is 20.1 Å². The summed E-state index contributed by atoms with van der Waals surface area (Å²) in [5.74, 6) is 0. The molecule has 1 aromatic rings. The molecule has 1 unspecified atom stereocenters. The van der Waals surface area contributed by atoms with Gasteiger partial charge in [-0.15, -0.1) is 0 Å². The maximum absolute atomic E-state index is 4.11. The molecule has 1 fully saturated rings. The van der Waals surface area contributed by atoms with Gasteiger partial charge in [-0.3, -0.25) is 4.90 Å². The molecule has 0 aromatic carbocycles. The van der Waals surface area contributed by atoms with Crippen LogP contribution in [-0.2, 0) is 6.54 Å². The van der Waals surface area contributed by atoms with E-state index in [1.807, 2.05) is 19.2 Å². The third kappa shape index (κ3) is 2.97. The van der Waals surface area contributed by atoms with Crippen molar-refractivity contribution in [2.45, 2.75) is 25.4 Å². The van der Waals surface area contributed by atoms with Gasteiger partial charge in [-0.2, -0.15) is 10.2 Å². The van der Waals surface area contributed by atoms with Crippen LogP contribution in [0.15, 0.2) is 18.3 Å². The van der Waals surface area contributed by atoms with Crippen molar-refractivity contribution in [1.82, 2.24) is 20.4 Å². The lowest BCUT2D eigenvalue weighted by molar-refractivity contribution is 0.185. The van der Waals surface area contributed by atoms with E-state index in [0.29, 0.717) is 6.04 Å². The van der Waals surface area contributed by atoms with Crippen LogP contribution >= 0.6 is 0 Å². The number of rotatable bonds is 3. The standard InChI is InChI=1S/C11H18N4/c1-12-10-5-3-7-15(8-10)9-11-4-2-6-13-14-11/h2,4,6,10,12H,3,5,7-9H2,1H3. The van der Waals surface area contributed by atoms with Gasteiger partial charge in [0.25, 0.3) is 0 Å². The van der Waals surface area contributed by atoms with Gasteiger partial charge in [0.15, 0.2) is 0 Å². The van der Waals surface area contributed by atoms with Gasteiger partial charge in [0.1, 0.15) is 0 Å². The fourth-order valence-electron chi connectivity index (χ4n) is 2.08. The van der Waals surface area contributed by atoms with E-state index in [2.05, 4.69) is 20.4 Å². The second kappa shape index (κ2) is 5.19. The Morgan fingerprint density at radius 1 is 1.60 bits per heavy atom. The van der Waals surface area contributed by atoms with Crippen molar-refractivity contribution in [2.24, 2.45) is 0 Å². The SMILES string of the molecule is CNC1CCCN(Cc2cccnn2)C1. The zero-order valence-corrected chi connectivity index (χ0v) is 9.19. The monoisotopic (exact) mass is 206 g/mol. The molecule has 1 aromatic heterocycles. The highest BCUT2D eigenvalue weighted by atomic mass is 15.2. The molecule has 0 spiro atoms. The Balaban J connectivity index is 1.89. The minimum Gasteiger partial charge on any atom is -0.316 e. The van der Waals surface area contributed by atoms with E-state index in [1.54, 1.807) is 6.20 Å². The van der Waals surface area contributed by atoms with E-state index >= 15 is 0 Å². The summed E-state index contributed by atoms with van der Waals surface area (Å²) in [5.41, 5.74) is 1.06. The van der Waals surface area contributed by atoms with E-state index < -0.39 is 0 Å². The predicted octanol–water partition coefficient (Wildman–Crippen LogP) is 0.660. The lowest BCUT2D eigenvalue weighted by Gasteiger charge is -2.32. The van der Waals surface area contributed by atoms with Crippen LogP contribution in [0.1, 0.15) is 18.5 Å². The van der Waals surface area contributed by atoms with Gasteiger partial charge in [-0.05, 0) is 38.6 Å². The van der Waals surface area contributed by atoms with E-state index in [4.69, 9.17) is 0 Å². The third-order valence-corrected chi connectivity index (χ3v) is 2.93. The van der Waals surface area contributed by atoms with E-state index in [9.17, 15) is 0 Å². The topological polar surface area (TPSA) is 41.0 Å². The van der Waals surface area contributed by atoms with Crippen LogP contribution in [0.5, 0.6) is 0 Å². The Hall–Kier alpha value is -1.00. The highest BCUT2D eigenvalue weighted by Crippen LogP contribution is 2.11. The fourth-order valence-corrected chi connectivity index (χ4v) is 2.08. The molecule has 1 aliphatic heterocycles. The van der Waals surface area contributed by atoms with Crippen molar-refractivity contribution < 1.29 is 0 Å². The third-order valence-electron chi connectivity index (χ3n) is 2.93. The minimum absolute atomic E-state index is 0.635. The average molecular weight is 206 g/mol. The predicted molar refractivity (Wildman–Crippen MR) is 59.4 cm³/mol. The van der Waals surface area contributed by atoms with E-state index in [1.165, 1.54) is 19.4 Å². The van der Waals surface area contributed by atoms with Crippen LogP contribution in [0.4, 0.5) is 0 Å². The summed E-state index contributed by atoms with van der Waals surface area (Å²) in [6, 6.07) is 4.62. The van der Waals surface area contributed by atoms with Crippen LogP contribution < -0.4 is 5.32 Å². The van der Waals surface area contributed by atoms with Crippen LogP contribution in [0.3, 0.4) is 0 Å². The molecule has 4 nitrogen and oxygen atoms in total. The molecular formula is C11H18N4. The Kier molecular flexibility index (Phi) is 3.64. The first-order valence-corrected chi connectivity index (χ1v) is 5.54. The highest BCUT2D eigenvalue weighted by molar-refractivity contribution is 4.99. The van der Waals surface area contributed by atoms with Gasteiger partial charge < -0.3 is 5.32 Å². The van der Waals surface area contributed by atoms with E-state index in [0.717, 1.165) is 18.8 Å². The molecule has 4 heteroatoms. The highest BCUT2D eigenvalue weighted by Gasteiger charge is 2.18. The Bertz CT molecular complexity index is 288. The maximum atomic E-state index is 4.11. The van der Waals surface area contributed by atoms with Crippen LogP contribution in [0.25, 0.3) is 0 Å². The van der Waals surface area contributed by atoms with Crippen LogP contribution in [0, 0.1) is 0 Å². The summed E-state index contributed by atoms with van der Waals surface area (Å²) >= 11 is 0. The fraction of sp³-hybridized carbons (Fsp3) is 0.636. The number of nitrogens with zero attached hydrogens (tertiary/aromatic N) is 3. The molecule has 2 heterocycles. The van der Waals surface area contributed by atoms with Crippen LogP contribution in [-0.4, -0.2) is 41.3 Å². The van der Waals surface area contributed by atoms with Crippen molar-refractivity contribution in [3.8, 4) is 0 Å². The zero-order valence-electron chi connectivity index (χ0n) is 9.19. The molecule has 0 saturated carbocycles. The first-order valence-electron chi connectivity index (χ1n) is 5.54. The van der Waals surface area contributed by atoms with Crippen molar-refractivity contribution in [3.63, 3.8) is 0 Å². The van der Waals surface area contributed by atoms with Gasteiger partial charge in [0.2, 0.25) is 0 Å². The molecule has 0 amide bonds. The van der Waals surface area contributed by atoms with Crippen molar-refractivity contribution >= 4 is 0 Å². The molecular weight excluding hydrogens is 188 g/mol. The zero-order chi connectivity index (χ0) is 10.5. The molecule has 0 bridgehead atoms. The molecule has 0 aliphatic carbocycles. The number of hydrogen-bond donors (Lipinski definition) is 1. The molecule has 15 heavy (non-hydrogen) atoms. The largest absolute Gasteiger partial charge is 0.316 e. The minimum atomic E-state index is 0.635. The van der Waals surface area contributed by atoms with Crippen LogP contribution in [0.2, 0.25) is 0 Å². The number of hydrogen-bond acceptors (Lipinski definition) is 4. The van der Waals surface area contributed by atoms with Gasteiger partial charge in [-0.25, -0.2) is 0 Å². The molecule has 0 radical (unpaired) electrons. The second-order valence-electron chi connectivity index (χ2n) is 4.08. The molecule has 1 atom stereocenters. The number of piperidine rings is 1. The second-order valence-corrected chi connectivity index (χ2v) is 4.08.